The fourth-order valence-corrected chi connectivity index (χ4v) is 0.692. The number of halogens is 1. The van der Waals surface area contributed by atoms with Gasteiger partial charge < -0.3 is 4.90 Å². The van der Waals surface area contributed by atoms with E-state index < -0.39 is 0 Å². The number of amides is 1. The summed E-state index contributed by atoms with van der Waals surface area (Å²) in [5.41, 5.74) is 0. The molecule has 52 valence electrons. The second kappa shape index (κ2) is 3.67. The highest BCUT2D eigenvalue weighted by Crippen LogP contribution is 2.05. The van der Waals surface area contributed by atoms with Crippen LogP contribution in [0.25, 0.3) is 0 Å². The molecule has 0 aromatic rings. The molecule has 0 atom stereocenters. The van der Waals surface area contributed by atoms with Gasteiger partial charge in [0.05, 0.1) is 4.48 Å². The van der Waals surface area contributed by atoms with E-state index in [9.17, 15) is 4.79 Å². The van der Waals surface area contributed by atoms with Gasteiger partial charge in [0.2, 0.25) is 0 Å². The summed E-state index contributed by atoms with van der Waals surface area (Å²) in [6.45, 7) is 1.81. The Morgan fingerprint density at radius 1 is 1.56 bits per heavy atom. The number of allylic oxidation sites excluding steroid dienone is 1. The van der Waals surface area contributed by atoms with E-state index in [1.807, 2.05) is 6.92 Å². The van der Waals surface area contributed by atoms with Gasteiger partial charge in [0.1, 0.15) is 0 Å². The standard InChI is InChI=1S/C6H10BrNO/c1-4-5(7)6(9)8(2)3/h4H,1-3H3/b5-4-. The van der Waals surface area contributed by atoms with Crippen molar-refractivity contribution in [3.8, 4) is 0 Å². The zero-order valence-electron chi connectivity index (χ0n) is 5.81. The molecule has 2 nitrogen and oxygen atoms in total. The minimum Gasteiger partial charge on any atom is -0.344 e. The molecular formula is C6H10BrNO. The third-order valence-corrected chi connectivity index (χ3v) is 1.66. The van der Waals surface area contributed by atoms with Crippen LogP contribution in [0.4, 0.5) is 0 Å². The van der Waals surface area contributed by atoms with Crippen LogP contribution in [0.15, 0.2) is 10.6 Å². The molecule has 0 aliphatic heterocycles. The number of hydrogen-bond donors (Lipinski definition) is 0. The van der Waals surface area contributed by atoms with Crippen molar-refractivity contribution in [3.63, 3.8) is 0 Å². The van der Waals surface area contributed by atoms with Crippen molar-refractivity contribution >= 4 is 21.8 Å². The number of hydrogen-bond acceptors (Lipinski definition) is 1. The predicted octanol–water partition coefficient (Wildman–Crippen LogP) is 1.37. The van der Waals surface area contributed by atoms with E-state index in [4.69, 9.17) is 0 Å². The summed E-state index contributed by atoms with van der Waals surface area (Å²) in [5, 5.41) is 0. The molecule has 0 aliphatic rings. The van der Waals surface area contributed by atoms with Gasteiger partial charge in [-0.05, 0) is 22.9 Å². The summed E-state index contributed by atoms with van der Waals surface area (Å²) in [5.74, 6) is -0.00231. The fourth-order valence-electron chi connectivity index (χ4n) is 0.337. The second-order valence-electron chi connectivity index (χ2n) is 1.84. The maximum Gasteiger partial charge on any atom is 0.260 e. The van der Waals surface area contributed by atoms with Crippen molar-refractivity contribution in [3.05, 3.63) is 10.6 Å². The highest BCUT2D eigenvalue weighted by Gasteiger charge is 2.04. The van der Waals surface area contributed by atoms with Crippen LogP contribution in [0.2, 0.25) is 0 Å². The van der Waals surface area contributed by atoms with Crippen LogP contribution in [-0.4, -0.2) is 24.9 Å². The number of carbonyl (C=O) groups is 1. The Kier molecular flexibility index (Phi) is 3.54. The Labute approximate surface area is 63.7 Å². The maximum atomic E-state index is 10.9. The molecule has 0 heterocycles. The molecule has 0 aromatic heterocycles. The predicted molar refractivity (Wildman–Crippen MR) is 41.4 cm³/mol. The first-order valence-electron chi connectivity index (χ1n) is 2.63. The summed E-state index contributed by atoms with van der Waals surface area (Å²) >= 11 is 3.11. The van der Waals surface area contributed by atoms with E-state index in [-0.39, 0.29) is 5.91 Å². The lowest BCUT2D eigenvalue weighted by atomic mass is 10.5. The van der Waals surface area contributed by atoms with Crippen LogP contribution < -0.4 is 0 Å². The first-order chi connectivity index (χ1) is 4.09. The Balaban J connectivity index is 4.06. The molecule has 3 heteroatoms. The van der Waals surface area contributed by atoms with E-state index in [2.05, 4.69) is 15.9 Å². The van der Waals surface area contributed by atoms with Crippen molar-refractivity contribution in [2.45, 2.75) is 6.92 Å². The number of nitrogens with zero attached hydrogens (tertiary/aromatic N) is 1. The zero-order valence-corrected chi connectivity index (χ0v) is 7.40. The zero-order chi connectivity index (χ0) is 7.44. The molecule has 0 aromatic carbocycles. The van der Waals surface area contributed by atoms with Gasteiger partial charge in [-0.15, -0.1) is 0 Å². The van der Waals surface area contributed by atoms with Crippen LogP contribution >= 0.6 is 15.9 Å². The Morgan fingerprint density at radius 3 is 2.11 bits per heavy atom. The summed E-state index contributed by atoms with van der Waals surface area (Å²) in [6, 6.07) is 0. The van der Waals surface area contributed by atoms with Crippen LogP contribution in [0.1, 0.15) is 6.92 Å². The average Bonchev–Trinajstić information content (AvgIpc) is 1.84. The van der Waals surface area contributed by atoms with E-state index in [1.165, 1.54) is 4.90 Å². The Bertz CT molecular complexity index is 140. The molecular weight excluding hydrogens is 182 g/mol. The van der Waals surface area contributed by atoms with Crippen molar-refractivity contribution < 1.29 is 4.79 Å². The lowest BCUT2D eigenvalue weighted by molar-refractivity contribution is -0.123. The highest BCUT2D eigenvalue weighted by molar-refractivity contribution is 9.12. The van der Waals surface area contributed by atoms with Gasteiger partial charge in [-0.3, -0.25) is 4.79 Å². The average molecular weight is 192 g/mol. The van der Waals surface area contributed by atoms with Crippen molar-refractivity contribution in [1.29, 1.82) is 0 Å². The molecule has 0 radical (unpaired) electrons. The Hall–Kier alpha value is -0.310. The van der Waals surface area contributed by atoms with Crippen LogP contribution in [0.5, 0.6) is 0 Å². The summed E-state index contributed by atoms with van der Waals surface area (Å²) in [6.07, 6.45) is 1.72. The van der Waals surface area contributed by atoms with Crippen molar-refractivity contribution in [2.24, 2.45) is 0 Å². The SMILES string of the molecule is C/C=C(\Br)C(=O)N(C)C. The summed E-state index contributed by atoms with van der Waals surface area (Å²) in [7, 11) is 3.43. The topological polar surface area (TPSA) is 20.3 Å². The van der Waals surface area contributed by atoms with Crippen molar-refractivity contribution in [1.82, 2.24) is 4.90 Å². The Morgan fingerprint density at radius 2 is 2.00 bits per heavy atom. The van der Waals surface area contributed by atoms with Crippen LogP contribution in [0.3, 0.4) is 0 Å². The molecule has 0 N–H and O–H groups in total. The van der Waals surface area contributed by atoms with Gasteiger partial charge >= 0.3 is 0 Å². The van der Waals surface area contributed by atoms with Gasteiger partial charge in [0.25, 0.3) is 5.91 Å². The number of carbonyl (C=O) groups excluding carboxylic acids is 1. The molecule has 0 spiro atoms. The summed E-state index contributed by atoms with van der Waals surface area (Å²) < 4.78 is 0.604. The quantitative estimate of drug-likeness (QED) is 0.574. The lowest BCUT2D eigenvalue weighted by Gasteiger charge is -2.07. The molecule has 9 heavy (non-hydrogen) atoms. The molecule has 0 aliphatic carbocycles. The lowest BCUT2D eigenvalue weighted by Crippen LogP contribution is -2.21. The third-order valence-electron chi connectivity index (χ3n) is 0.864. The first-order valence-corrected chi connectivity index (χ1v) is 3.42. The molecule has 0 saturated heterocycles. The maximum absolute atomic E-state index is 10.9. The van der Waals surface area contributed by atoms with Crippen molar-refractivity contribution in [2.75, 3.05) is 14.1 Å². The van der Waals surface area contributed by atoms with E-state index in [0.717, 1.165) is 0 Å². The number of likely N-dealkylation sites (N-methyl/N-ethyl adjacent to an activating group) is 1. The monoisotopic (exact) mass is 191 g/mol. The van der Waals surface area contributed by atoms with Crippen LogP contribution in [-0.2, 0) is 4.79 Å². The molecule has 0 fully saturated rings. The molecule has 0 bridgehead atoms. The molecule has 0 saturated carbocycles. The minimum absolute atomic E-state index is 0.00231. The number of rotatable bonds is 1. The molecule has 1 amide bonds. The molecule has 0 unspecified atom stereocenters. The third kappa shape index (κ3) is 2.65. The first kappa shape index (κ1) is 8.69. The normalized spacial score (nSPS) is 11.3. The van der Waals surface area contributed by atoms with Gasteiger partial charge in [0.15, 0.2) is 0 Å². The summed E-state index contributed by atoms with van der Waals surface area (Å²) in [4.78, 5) is 12.4. The minimum atomic E-state index is -0.00231. The van der Waals surface area contributed by atoms with E-state index in [0.29, 0.717) is 4.48 Å². The largest absolute Gasteiger partial charge is 0.344 e. The van der Waals surface area contributed by atoms with E-state index in [1.54, 1.807) is 20.2 Å². The van der Waals surface area contributed by atoms with Gasteiger partial charge in [-0.25, -0.2) is 0 Å². The molecule has 0 rings (SSSR count). The highest BCUT2D eigenvalue weighted by atomic mass is 79.9. The second-order valence-corrected chi connectivity index (χ2v) is 2.69. The van der Waals surface area contributed by atoms with E-state index >= 15 is 0 Å². The smallest absolute Gasteiger partial charge is 0.260 e. The fraction of sp³-hybridized carbons (Fsp3) is 0.500. The van der Waals surface area contributed by atoms with Gasteiger partial charge in [-0.1, -0.05) is 6.08 Å². The van der Waals surface area contributed by atoms with Crippen LogP contribution in [0, 0.1) is 0 Å². The van der Waals surface area contributed by atoms with Gasteiger partial charge in [-0.2, -0.15) is 0 Å². The van der Waals surface area contributed by atoms with Gasteiger partial charge in [0, 0.05) is 14.1 Å².